The summed E-state index contributed by atoms with van der Waals surface area (Å²) in [5.74, 6) is -1.37. The number of carbonyl (C=O) groups is 4. The molecule has 2 N–H and O–H groups in total. The maximum absolute atomic E-state index is 13.6. The number of nitrogens with one attached hydrogen (secondary N) is 2. The van der Waals surface area contributed by atoms with E-state index < -0.39 is 36.3 Å². The number of benzene rings is 1. The second-order valence-electron chi connectivity index (χ2n) is 9.83. The standard InChI is InChI=1S/C26H36ClN3O7/c1-6-35-26-19(13-21(31)37-26)28-24(33)20-8-7-11-30(20)25(34)22(14(2)3)29-23(32)17-10-9-16(12-18(17)27)36-15(4)5/h9-10,12,14-15,19-20,22,26H,6-8,11,13H2,1-5H3,(H,28,33)(H,29,32)/t19-,20+,22+,26-/m1/s1. The molecule has 0 aliphatic carbocycles. The summed E-state index contributed by atoms with van der Waals surface area (Å²) in [6.07, 6.45) is 0.220. The summed E-state index contributed by atoms with van der Waals surface area (Å²) in [6, 6.07) is 2.57. The van der Waals surface area contributed by atoms with Gasteiger partial charge in [-0.25, -0.2) is 0 Å². The van der Waals surface area contributed by atoms with Crippen molar-refractivity contribution < 1.29 is 33.4 Å². The Hall–Kier alpha value is -2.85. The zero-order chi connectivity index (χ0) is 27.3. The molecule has 0 spiro atoms. The van der Waals surface area contributed by atoms with Gasteiger partial charge in [-0.1, -0.05) is 25.4 Å². The van der Waals surface area contributed by atoms with Crippen molar-refractivity contribution in [2.45, 2.75) is 84.4 Å². The predicted octanol–water partition coefficient (Wildman–Crippen LogP) is 2.67. The number of hydrogen-bond acceptors (Lipinski definition) is 7. The van der Waals surface area contributed by atoms with Gasteiger partial charge in [0, 0.05) is 13.2 Å². The molecule has 4 atom stereocenters. The molecule has 3 rings (SSSR count). The average molecular weight is 538 g/mol. The Kier molecular flexibility index (Phi) is 9.78. The summed E-state index contributed by atoms with van der Waals surface area (Å²) in [6.45, 7) is 9.89. The number of hydrogen-bond donors (Lipinski definition) is 2. The molecule has 2 saturated heterocycles. The first kappa shape index (κ1) is 28.7. The summed E-state index contributed by atoms with van der Waals surface area (Å²) in [4.78, 5) is 52.9. The fourth-order valence-electron chi connectivity index (χ4n) is 4.49. The van der Waals surface area contributed by atoms with E-state index in [4.69, 9.17) is 25.8 Å². The molecule has 3 amide bonds. The molecule has 0 aromatic heterocycles. The fourth-order valence-corrected chi connectivity index (χ4v) is 4.74. The van der Waals surface area contributed by atoms with Crippen LogP contribution in [0.2, 0.25) is 5.02 Å². The highest BCUT2D eigenvalue weighted by molar-refractivity contribution is 6.34. The molecular weight excluding hydrogens is 502 g/mol. The monoisotopic (exact) mass is 537 g/mol. The molecule has 37 heavy (non-hydrogen) atoms. The smallest absolute Gasteiger partial charge is 0.310 e. The minimum atomic E-state index is -0.865. The molecular formula is C26H36ClN3O7. The van der Waals surface area contributed by atoms with Gasteiger partial charge in [0.25, 0.3) is 5.91 Å². The zero-order valence-corrected chi connectivity index (χ0v) is 22.7. The Morgan fingerprint density at radius 1 is 1.22 bits per heavy atom. The molecule has 2 aliphatic heterocycles. The number of esters is 1. The Labute approximate surface area is 222 Å². The van der Waals surface area contributed by atoms with Gasteiger partial charge in [-0.05, 0) is 57.7 Å². The van der Waals surface area contributed by atoms with Gasteiger partial charge < -0.3 is 29.7 Å². The normalized spacial score (nSPS) is 22.2. The van der Waals surface area contributed by atoms with E-state index in [0.29, 0.717) is 31.7 Å². The maximum Gasteiger partial charge on any atom is 0.310 e. The fraction of sp³-hybridized carbons (Fsp3) is 0.615. The molecule has 11 heteroatoms. The summed E-state index contributed by atoms with van der Waals surface area (Å²) in [5, 5.41) is 5.82. The van der Waals surface area contributed by atoms with Crippen LogP contribution in [0.1, 0.15) is 64.2 Å². The van der Waals surface area contributed by atoms with Crippen molar-refractivity contribution in [1.29, 1.82) is 0 Å². The topological polar surface area (TPSA) is 123 Å². The zero-order valence-electron chi connectivity index (χ0n) is 21.9. The van der Waals surface area contributed by atoms with E-state index >= 15 is 0 Å². The molecule has 0 unspecified atom stereocenters. The number of amides is 3. The van der Waals surface area contributed by atoms with Crippen LogP contribution in [-0.4, -0.2) is 72.3 Å². The van der Waals surface area contributed by atoms with Gasteiger partial charge in [-0.15, -0.1) is 0 Å². The lowest BCUT2D eigenvalue weighted by Gasteiger charge is -2.31. The summed E-state index contributed by atoms with van der Waals surface area (Å²) < 4.78 is 16.1. The number of rotatable bonds is 10. The lowest BCUT2D eigenvalue weighted by Crippen LogP contribution is -2.56. The van der Waals surface area contributed by atoms with Crippen LogP contribution < -0.4 is 15.4 Å². The van der Waals surface area contributed by atoms with Crippen LogP contribution in [0.15, 0.2) is 18.2 Å². The molecule has 2 aliphatic rings. The van der Waals surface area contributed by atoms with Crippen LogP contribution >= 0.6 is 11.6 Å². The summed E-state index contributed by atoms with van der Waals surface area (Å²) in [7, 11) is 0. The molecule has 1 aromatic carbocycles. The van der Waals surface area contributed by atoms with E-state index in [1.54, 1.807) is 25.1 Å². The largest absolute Gasteiger partial charge is 0.491 e. The Balaban J connectivity index is 1.69. The van der Waals surface area contributed by atoms with E-state index in [-0.39, 0.29) is 40.8 Å². The molecule has 0 saturated carbocycles. The Morgan fingerprint density at radius 3 is 2.57 bits per heavy atom. The minimum Gasteiger partial charge on any atom is -0.491 e. The van der Waals surface area contributed by atoms with Gasteiger partial charge in [0.2, 0.25) is 18.1 Å². The van der Waals surface area contributed by atoms with E-state index in [1.165, 1.54) is 4.90 Å². The van der Waals surface area contributed by atoms with Gasteiger partial charge in [0.15, 0.2) is 0 Å². The van der Waals surface area contributed by atoms with E-state index in [1.807, 2.05) is 27.7 Å². The third-order valence-electron chi connectivity index (χ3n) is 6.24. The van der Waals surface area contributed by atoms with Crippen molar-refractivity contribution in [2.75, 3.05) is 13.2 Å². The van der Waals surface area contributed by atoms with Crippen molar-refractivity contribution in [3.05, 3.63) is 28.8 Å². The highest BCUT2D eigenvalue weighted by atomic mass is 35.5. The second kappa shape index (κ2) is 12.6. The first-order valence-electron chi connectivity index (χ1n) is 12.7. The van der Waals surface area contributed by atoms with Gasteiger partial charge in [0.1, 0.15) is 23.9 Å². The van der Waals surface area contributed by atoms with E-state index in [2.05, 4.69) is 10.6 Å². The maximum atomic E-state index is 13.6. The number of ether oxygens (including phenoxy) is 3. The van der Waals surface area contributed by atoms with Crippen LogP contribution in [0.3, 0.4) is 0 Å². The van der Waals surface area contributed by atoms with Gasteiger partial charge in [0.05, 0.1) is 23.1 Å². The molecule has 2 fully saturated rings. The third kappa shape index (κ3) is 7.13. The quantitative estimate of drug-likeness (QED) is 0.440. The molecule has 0 bridgehead atoms. The highest BCUT2D eigenvalue weighted by Crippen LogP contribution is 2.25. The lowest BCUT2D eigenvalue weighted by atomic mass is 10.0. The Bertz CT molecular complexity index is 1020. The molecule has 204 valence electrons. The van der Waals surface area contributed by atoms with Crippen LogP contribution in [-0.2, 0) is 23.9 Å². The van der Waals surface area contributed by atoms with Crippen molar-refractivity contribution >= 4 is 35.3 Å². The molecule has 2 heterocycles. The van der Waals surface area contributed by atoms with Crippen LogP contribution in [0.25, 0.3) is 0 Å². The van der Waals surface area contributed by atoms with E-state index in [0.717, 1.165) is 0 Å². The first-order valence-corrected chi connectivity index (χ1v) is 13.1. The summed E-state index contributed by atoms with van der Waals surface area (Å²) >= 11 is 6.33. The van der Waals surface area contributed by atoms with Crippen molar-refractivity contribution in [3.63, 3.8) is 0 Å². The minimum absolute atomic E-state index is 0.00348. The molecule has 0 radical (unpaired) electrons. The molecule has 10 nitrogen and oxygen atoms in total. The van der Waals surface area contributed by atoms with Crippen molar-refractivity contribution in [3.8, 4) is 5.75 Å². The number of likely N-dealkylation sites (tertiary alicyclic amines) is 1. The SMILES string of the molecule is CCO[C@@H]1OC(=O)C[C@H]1NC(=O)[C@@H]1CCCN1C(=O)[C@@H](NC(=O)c1ccc(OC(C)C)cc1Cl)C(C)C. The average Bonchev–Trinajstić information content (AvgIpc) is 3.43. The van der Waals surface area contributed by atoms with Crippen molar-refractivity contribution in [1.82, 2.24) is 15.5 Å². The highest BCUT2D eigenvalue weighted by Gasteiger charge is 2.42. The second-order valence-corrected chi connectivity index (χ2v) is 10.2. The Morgan fingerprint density at radius 2 is 1.95 bits per heavy atom. The van der Waals surface area contributed by atoms with Crippen LogP contribution in [0.5, 0.6) is 5.75 Å². The third-order valence-corrected chi connectivity index (χ3v) is 6.55. The van der Waals surface area contributed by atoms with E-state index in [9.17, 15) is 19.2 Å². The lowest BCUT2D eigenvalue weighted by molar-refractivity contribution is -0.164. The first-order chi connectivity index (χ1) is 17.5. The van der Waals surface area contributed by atoms with Gasteiger partial charge >= 0.3 is 5.97 Å². The number of nitrogens with zero attached hydrogens (tertiary/aromatic N) is 1. The van der Waals surface area contributed by atoms with Gasteiger partial charge in [-0.2, -0.15) is 0 Å². The number of carbonyl (C=O) groups excluding carboxylic acids is 4. The van der Waals surface area contributed by atoms with Crippen LogP contribution in [0, 0.1) is 5.92 Å². The number of halogens is 1. The van der Waals surface area contributed by atoms with Gasteiger partial charge in [-0.3, -0.25) is 19.2 Å². The number of cyclic esters (lactones) is 1. The van der Waals surface area contributed by atoms with Crippen LogP contribution in [0.4, 0.5) is 0 Å². The predicted molar refractivity (Wildman–Crippen MR) is 136 cm³/mol. The summed E-state index contributed by atoms with van der Waals surface area (Å²) in [5.41, 5.74) is 0.222. The molecule has 1 aromatic rings. The van der Waals surface area contributed by atoms with Crippen molar-refractivity contribution in [2.24, 2.45) is 5.92 Å².